The molecule has 2 aromatic rings. The van der Waals surface area contributed by atoms with Gasteiger partial charge in [-0.05, 0) is 31.5 Å². The molecule has 1 N–H and O–H groups in total. The van der Waals surface area contributed by atoms with Crippen molar-refractivity contribution < 1.29 is 9.50 Å². The topological polar surface area (TPSA) is 33.1 Å². The molecule has 1 aromatic carbocycles. The summed E-state index contributed by atoms with van der Waals surface area (Å²) in [5, 5.41) is 11.0. The van der Waals surface area contributed by atoms with Gasteiger partial charge in [0.05, 0.1) is 21.7 Å². The lowest BCUT2D eigenvalue weighted by molar-refractivity contribution is 0.181. The van der Waals surface area contributed by atoms with Crippen LogP contribution in [-0.2, 0) is 6.42 Å². The summed E-state index contributed by atoms with van der Waals surface area (Å²) in [7, 11) is 0. The zero-order chi connectivity index (χ0) is 12.4. The van der Waals surface area contributed by atoms with Gasteiger partial charge in [-0.15, -0.1) is 11.3 Å². The first-order valence-corrected chi connectivity index (χ1v) is 6.24. The van der Waals surface area contributed by atoms with E-state index in [-0.39, 0.29) is 5.82 Å². The second kappa shape index (κ2) is 4.94. The Morgan fingerprint density at radius 2 is 2.18 bits per heavy atom. The normalized spacial score (nSPS) is 12.7. The summed E-state index contributed by atoms with van der Waals surface area (Å²) in [6.07, 6.45) is -0.191. The van der Waals surface area contributed by atoms with E-state index in [4.69, 9.17) is 0 Å². The van der Waals surface area contributed by atoms with Gasteiger partial charge in [0, 0.05) is 6.42 Å². The van der Waals surface area contributed by atoms with Crippen LogP contribution in [0.1, 0.15) is 27.2 Å². The Bertz CT molecular complexity index is 524. The van der Waals surface area contributed by atoms with Gasteiger partial charge >= 0.3 is 0 Å². The number of aliphatic hydroxyl groups excluding tert-OH is 1. The van der Waals surface area contributed by atoms with Crippen molar-refractivity contribution in [2.75, 3.05) is 0 Å². The van der Waals surface area contributed by atoms with E-state index in [1.54, 1.807) is 6.07 Å². The molecule has 0 aliphatic heterocycles. The van der Waals surface area contributed by atoms with Crippen molar-refractivity contribution >= 4 is 11.3 Å². The highest BCUT2D eigenvalue weighted by Gasteiger charge is 2.15. The Hall–Kier alpha value is -1.26. The zero-order valence-corrected chi connectivity index (χ0v) is 10.6. The summed E-state index contributed by atoms with van der Waals surface area (Å²) in [6.45, 7) is 3.80. The number of thiazole rings is 1. The predicted molar refractivity (Wildman–Crippen MR) is 66.7 cm³/mol. The molecule has 4 heteroatoms. The molecule has 0 fully saturated rings. The molecule has 0 aliphatic rings. The van der Waals surface area contributed by atoms with Crippen molar-refractivity contribution in [2.24, 2.45) is 0 Å². The molecule has 2 rings (SSSR count). The molecule has 1 atom stereocenters. The van der Waals surface area contributed by atoms with Crippen molar-refractivity contribution in [1.29, 1.82) is 0 Å². The maximum atomic E-state index is 13.0. The lowest BCUT2D eigenvalue weighted by Gasteiger charge is -2.09. The third-order valence-electron chi connectivity index (χ3n) is 2.56. The Kier molecular flexibility index (Phi) is 3.54. The first-order chi connectivity index (χ1) is 8.06. The Morgan fingerprint density at radius 1 is 1.41 bits per heavy atom. The standard InChI is InChI=1S/C13H14FNOS/c1-8-13(17-9(2)15-8)12(16)7-10-4-3-5-11(14)6-10/h3-6,12,16H,7H2,1-2H3. The molecule has 0 radical (unpaired) electrons. The van der Waals surface area contributed by atoms with E-state index in [2.05, 4.69) is 4.98 Å². The van der Waals surface area contributed by atoms with Crippen molar-refractivity contribution in [1.82, 2.24) is 4.98 Å². The third-order valence-corrected chi connectivity index (χ3v) is 3.73. The minimum absolute atomic E-state index is 0.271. The highest BCUT2D eigenvalue weighted by Crippen LogP contribution is 2.27. The average Bonchev–Trinajstić information content (AvgIpc) is 2.58. The van der Waals surface area contributed by atoms with E-state index in [1.165, 1.54) is 23.5 Å². The summed E-state index contributed by atoms with van der Waals surface area (Å²) in [5.41, 5.74) is 1.65. The molecule has 1 aromatic heterocycles. The lowest BCUT2D eigenvalue weighted by Crippen LogP contribution is -2.01. The largest absolute Gasteiger partial charge is 0.387 e. The van der Waals surface area contributed by atoms with Gasteiger partial charge in [-0.2, -0.15) is 0 Å². The van der Waals surface area contributed by atoms with Crippen LogP contribution >= 0.6 is 11.3 Å². The van der Waals surface area contributed by atoms with Gasteiger partial charge in [-0.3, -0.25) is 0 Å². The summed E-state index contributed by atoms with van der Waals surface area (Å²) in [5.74, 6) is -0.271. The molecule has 0 aliphatic carbocycles. The van der Waals surface area contributed by atoms with Crippen LogP contribution in [0.15, 0.2) is 24.3 Å². The van der Waals surface area contributed by atoms with E-state index >= 15 is 0 Å². The Labute approximate surface area is 104 Å². The SMILES string of the molecule is Cc1nc(C)c(C(O)Cc2cccc(F)c2)s1. The molecule has 1 heterocycles. The molecule has 0 amide bonds. The van der Waals surface area contributed by atoms with Crippen LogP contribution < -0.4 is 0 Å². The molecular weight excluding hydrogens is 237 g/mol. The fourth-order valence-electron chi connectivity index (χ4n) is 1.84. The molecule has 90 valence electrons. The lowest BCUT2D eigenvalue weighted by atomic mass is 10.1. The van der Waals surface area contributed by atoms with Crippen LogP contribution in [0.2, 0.25) is 0 Å². The number of rotatable bonds is 3. The molecule has 0 spiro atoms. The average molecular weight is 251 g/mol. The molecule has 0 saturated carbocycles. The van der Waals surface area contributed by atoms with Gasteiger partial charge in [0.25, 0.3) is 0 Å². The smallest absolute Gasteiger partial charge is 0.123 e. The molecule has 17 heavy (non-hydrogen) atoms. The number of halogens is 1. The number of aryl methyl sites for hydroxylation is 2. The highest BCUT2D eigenvalue weighted by atomic mass is 32.1. The van der Waals surface area contributed by atoms with Crippen LogP contribution in [0, 0.1) is 19.7 Å². The zero-order valence-electron chi connectivity index (χ0n) is 9.77. The van der Waals surface area contributed by atoms with Crippen LogP contribution in [0.25, 0.3) is 0 Å². The summed E-state index contributed by atoms with van der Waals surface area (Å²) in [6, 6.07) is 6.32. The van der Waals surface area contributed by atoms with Crippen molar-refractivity contribution in [2.45, 2.75) is 26.4 Å². The van der Waals surface area contributed by atoms with E-state index < -0.39 is 6.10 Å². The molecule has 0 saturated heterocycles. The van der Waals surface area contributed by atoms with Crippen LogP contribution in [0.4, 0.5) is 4.39 Å². The maximum absolute atomic E-state index is 13.0. The van der Waals surface area contributed by atoms with Gasteiger partial charge < -0.3 is 5.11 Å². The van der Waals surface area contributed by atoms with Gasteiger partial charge in [0.2, 0.25) is 0 Å². The third kappa shape index (κ3) is 2.90. The molecule has 1 unspecified atom stereocenters. The maximum Gasteiger partial charge on any atom is 0.123 e. The number of aromatic nitrogens is 1. The van der Waals surface area contributed by atoms with Crippen LogP contribution in [0.3, 0.4) is 0 Å². The van der Waals surface area contributed by atoms with E-state index in [0.29, 0.717) is 6.42 Å². The first kappa shape index (κ1) is 12.2. The van der Waals surface area contributed by atoms with Crippen LogP contribution in [-0.4, -0.2) is 10.1 Å². The number of nitrogens with zero attached hydrogens (tertiary/aromatic N) is 1. The minimum Gasteiger partial charge on any atom is -0.387 e. The van der Waals surface area contributed by atoms with E-state index in [9.17, 15) is 9.50 Å². The summed E-state index contributed by atoms with van der Waals surface area (Å²) >= 11 is 1.49. The molecule has 0 bridgehead atoms. The van der Waals surface area contributed by atoms with Gasteiger partial charge in [0.1, 0.15) is 5.82 Å². The number of hydrogen-bond acceptors (Lipinski definition) is 3. The minimum atomic E-state index is -0.608. The summed E-state index contributed by atoms with van der Waals surface area (Å²) < 4.78 is 13.0. The molecule has 2 nitrogen and oxygen atoms in total. The Morgan fingerprint density at radius 3 is 2.76 bits per heavy atom. The van der Waals surface area contributed by atoms with Gasteiger partial charge in [0.15, 0.2) is 0 Å². The van der Waals surface area contributed by atoms with Crippen molar-refractivity contribution in [3.63, 3.8) is 0 Å². The van der Waals surface area contributed by atoms with Crippen molar-refractivity contribution in [3.8, 4) is 0 Å². The van der Waals surface area contributed by atoms with E-state index in [0.717, 1.165) is 21.1 Å². The number of aliphatic hydroxyl groups is 1. The number of benzene rings is 1. The number of hydrogen-bond donors (Lipinski definition) is 1. The second-order valence-corrected chi connectivity index (χ2v) is 5.27. The quantitative estimate of drug-likeness (QED) is 0.909. The first-order valence-electron chi connectivity index (χ1n) is 5.42. The summed E-state index contributed by atoms with van der Waals surface area (Å²) in [4.78, 5) is 5.14. The predicted octanol–water partition coefficient (Wildman–Crippen LogP) is 3.18. The van der Waals surface area contributed by atoms with Gasteiger partial charge in [-0.1, -0.05) is 12.1 Å². The fraction of sp³-hybridized carbons (Fsp3) is 0.308. The van der Waals surface area contributed by atoms with Gasteiger partial charge in [-0.25, -0.2) is 9.37 Å². The Balaban J connectivity index is 2.16. The second-order valence-electron chi connectivity index (χ2n) is 4.03. The van der Waals surface area contributed by atoms with E-state index in [1.807, 2.05) is 19.9 Å². The monoisotopic (exact) mass is 251 g/mol. The van der Waals surface area contributed by atoms with Crippen molar-refractivity contribution in [3.05, 3.63) is 51.2 Å². The molecular formula is C13H14FNOS. The fourth-order valence-corrected chi connectivity index (χ4v) is 2.75. The highest BCUT2D eigenvalue weighted by molar-refractivity contribution is 7.11. The van der Waals surface area contributed by atoms with Crippen LogP contribution in [0.5, 0.6) is 0 Å².